The smallest absolute Gasteiger partial charge is 0.431 e. The molecule has 1 aromatic carbocycles. The number of carbonyl (C=O) groups is 1. The zero-order valence-corrected chi connectivity index (χ0v) is 18.2. The van der Waals surface area contributed by atoms with Crippen molar-refractivity contribution in [1.29, 1.82) is 0 Å². The Morgan fingerprint density at radius 2 is 1.81 bits per heavy atom. The predicted molar refractivity (Wildman–Crippen MR) is 110 cm³/mol. The van der Waals surface area contributed by atoms with E-state index in [0.717, 1.165) is 18.2 Å². The van der Waals surface area contributed by atoms with E-state index in [2.05, 4.69) is 0 Å². The number of halogens is 5. The molecule has 0 aliphatic rings. The lowest BCUT2D eigenvalue weighted by molar-refractivity contribution is -0.144. The van der Waals surface area contributed by atoms with Crippen molar-refractivity contribution in [3.05, 3.63) is 66.6 Å². The summed E-state index contributed by atoms with van der Waals surface area (Å²) in [4.78, 5) is 36.0. The van der Waals surface area contributed by atoms with Crippen LogP contribution in [0, 0.1) is 0 Å². The van der Waals surface area contributed by atoms with Crippen LogP contribution in [0.5, 0.6) is 5.75 Å². The highest BCUT2D eigenvalue weighted by Gasteiger charge is 2.35. The SMILES string of the molecule is CCOC(=CC(=O)O)COc1cc(-n2c(=O)cc(C(F)(F)F)n(CC)c2=O)c(Cl)cc1Cl. The third kappa shape index (κ3) is 5.65. The molecule has 0 saturated carbocycles. The van der Waals surface area contributed by atoms with Gasteiger partial charge >= 0.3 is 17.8 Å². The number of hydrogen-bond acceptors (Lipinski definition) is 5. The molecule has 1 heterocycles. The molecule has 8 nitrogen and oxygen atoms in total. The maximum Gasteiger partial charge on any atom is 0.431 e. The molecule has 0 aliphatic carbocycles. The van der Waals surface area contributed by atoms with E-state index in [1.807, 2.05) is 0 Å². The number of rotatable bonds is 8. The van der Waals surface area contributed by atoms with Crippen LogP contribution in [-0.2, 0) is 22.3 Å². The van der Waals surface area contributed by atoms with Gasteiger partial charge in [-0.3, -0.25) is 9.36 Å². The van der Waals surface area contributed by atoms with Crippen LogP contribution in [0.25, 0.3) is 5.69 Å². The second kappa shape index (κ2) is 10.1. The summed E-state index contributed by atoms with van der Waals surface area (Å²) in [5.74, 6) is -1.44. The maximum absolute atomic E-state index is 13.2. The van der Waals surface area contributed by atoms with Crippen LogP contribution in [0.3, 0.4) is 0 Å². The predicted octanol–water partition coefficient (Wildman–Crippen LogP) is 3.73. The van der Waals surface area contributed by atoms with Gasteiger partial charge in [0.2, 0.25) is 0 Å². The normalized spacial score (nSPS) is 12.0. The molecular formula is C19H17Cl2F3N2O6. The van der Waals surface area contributed by atoms with Gasteiger partial charge in [0.15, 0.2) is 0 Å². The summed E-state index contributed by atoms with van der Waals surface area (Å²) >= 11 is 12.2. The third-order valence-electron chi connectivity index (χ3n) is 4.03. The van der Waals surface area contributed by atoms with Crippen molar-refractivity contribution in [1.82, 2.24) is 9.13 Å². The van der Waals surface area contributed by atoms with Crippen LogP contribution < -0.4 is 16.0 Å². The number of ether oxygens (including phenoxy) is 2. The van der Waals surface area contributed by atoms with Gasteiger partial charge in [-0.25, -0.2) is 14.2 Å². The van der Waals surface area contributed by atoms with E-state index < -0.39 is 29.1 Å². The molecule has 2 aromatic rings. The number of aliphatic carboxylic acids is 1. The second-order valence-corrected chi connectivity index (χ2v) is 6.95. The number of hydrogen-bond donors (Lipinski definition) is 1. The molecule has 32 heavy (non-hydrogen) atoms. The van der Waals surface area contributed by atoms with E-state index in [4.69, 9.17) is 37.8 Å². The first kappa shape index (κ1) is 25.3. The van der Waals surface area contributed by atoms with Gasteiger partial charge in [0.1, 0.15) is 23.8 Å². The molecule has 0 amide bonds. The summed E-state index contributed by atoms with van der Waals surface area (Å²) in [6.45, 7) is 2.36. The lowest BCUT2D eigenvalue weighted by Crippen LogP contribution is -2.41. The lowest BCUT2D eigenvalue weighted by atomic mass is 10.2. The summed E-state index contributed by atoms with van der Waals surface area (Å²) in [7, 11) is 0. The maximum atomic E-state index is 13.2. The molecule has 2 rings (SSSR count). The molecule has 1 N–H and O–H groups in total. The fourth-order valence-corrected chi connectivity index (χ4v) is 3.26. The Balaban J connectivity index is 2.60. The largest absolute Gasteiger partial charge is 0.494 e. The van der Waals surface area contributed by atoms with Gasteiger partial charge in [-0.15, -0.1) is 0 Å². The number of carboxylic acids is 1. The standard InChI is InChI=1S/C19H17Cl2F3N2O6/c1-3-25-15(19(22,23)24)8-16(27)26(18(25)30)13-7-14(12(21)6-11(13)20)32-9-10(31-4-2)5-17(28)29/h5-8H,3-4,9H2,1-2H3,(H,28,29). The van der Waals surface area contributed by atoms with Crippen LogP contribution in [0.15, 0.2) is 39.6 Å². The molecule has 0 atom stereocenters. The van der Waals surface area contributed by atoms with Gasteiger partial charge in [0, 0.05) is 18.7 Å². The first-order valence-corrected chi connectivity index (χ1v) is 9.78. The summed E-state index contributed by atoms with van der Waals surface area (Å²) in [6.07, 6.45) is -4.15. The van der Waals surface area contributed by atoms with E-state index >= 15 is 0 Å². The number of alkyl halides is 3. The highest BCUT2D eigenvalue weighted by atomic mass is 35.5. The van der Waals surface area contributed by atoms with Crippen molar-refractivity contribution < 1.29 is 32.5 Å². The van der Waals surface area contributed by atoms with E-state index in [1.165, 1.54) is 6.92 Å². The second-order valence-electron chi connectivity index (χ2n) is 6.13. The lowest BCUT2D eigenvalue weighted by Gasteiger charge is -2.17. The average molecular weight is 497 g/mol. The van der Waals surface area contributed by atoms with Gasteiger partial charge in [0.25, 0.3) is 5.56 Å². The molecule has 0 saturated heterocycles. The summed E-state index contributed by atoms with van der Waals surface area (Å²) in [5, 5.41) is 8.62. The molecule has 0 radical (unpaired) electrons. The summed E-state index contributed by atoms with van der Waals surface area (Å²) in [5.41, 5.74) is -4.18. The Bertz CT molecular complexity index is 1170. The van der Waals surface area contributed by atoms with Crippen LogP contribution >= 0.6 is 23.2 Å². The molecule has 0 spiro atoms. The van der Waals surface area contributed by atoms with Gasteiger partial charge < -0.3 is 14.6 Å². The van der Waals surface area contributed by atoms with Crippen LogP contribution in [0.1, 0.15) is 19.5 Å². The average Bonchev–Trinajstić information content (AvgIpc) is 2.67. The fourth-order valence-electron chi connectivity index (χ4n) is 2.74. The van der Waals surface area contributed by atoms with Crippen molar-refractivity contribution in [3.8, 4) is 11.4 Å². The number of benzene rings is 1. The Morgan fingerprint density at radius 3 is 2.34 bits per heavy atom. The van der Waals surface area contributed by atoms with Gasteiger partial charge in [0.05, 0.1) is 28.4 Å². The Morgan fingerprint density at radius 1 is 1.16 bits per heavy atom. The third-order valence-corrected chi connectivity index (χ3v) is 4.62. The molecule has 0 unspecified atom stereocenters. The van der Waals surface area contributed by atoms with E-state index in [1.54, 1.807) is 6.92 Å². The Kier molecular flexibility index (Phi) is 8.02. The molecule has 0 fully saturated rings. The zero-order chi connectivity index (χ0) is 24.2. The van der Waals surface area contributed by atoms with Crippen molar-refractivity contribution in [3.63, 3.8) is 0 Å². The quantitative estimate of drug-likeness (QED) is 0.441. The van der Waals surface area contributed by atoms with Crippen molar-refractivity contribution in [2.24, 2.45) is 0 Å². The van der Waals surface area contributed by atoms with E-state index in [9.17, 15) is 27.6 Å². The molecule has 0 aliphatic heterocycles. The zero-order valence-electron chi connectivity index (χ0n) is 16.7. The Hall–Kier alpha value is -2.92. The van der Waals surface area contributed by atoms with Gasteiger partial charge in [-0.05, 0) is 19.9 Å². The highest BCUT2D eigenvalue weighted by Crippen LogP contribution is 2.33. The molecule has 1 aromatic heterocycles. The minimum Gasteiger partial charge on any atom is -0.494 e. The number of carboxylic acid groups (broad SMARTS) is 1. The minimum atomic E-state index is -4.92. The van der Waals surface area contributed by atoms with Gasteiger partial charge in [-0.1, -0.05) is 23.2 Å². The van der Waals surface area contributed by atoms with E-state index in [0.29, 0.717) is 15.2 Å². The van der Waals surface area contributed by atoms with E-state index in [-0.39, 0.29) is 47.0 Å². The molecule has 0 bridgehead atoms. The number of aromatic nitrogens is 2. The first-order valence-electron chi connectivity index (χ1n) is 9.03. The topological polar surface area (TPSA) is 99.8 Å². The number of nitrogens with zero attached hydrogens (tertiary/aromatic N) is 2. The highest BCUT2D eigenvalue weighted by molar-refractivity contribution is 6.36. The van der Waals surface area contributed by atoms with Crippen molar-refractivity contribution in [2.45, 2.75) is 26.6 Å². The van der Waals surface area contributed by atoms with Gasteiger partial charge in [-0.2, -0.15) is 13.2 Å². The van der Waals surface area contributed by atoms with Crippen LogP contribution in [0.2, 0.25) is 10.0 Å². The van der Waals surface area contributed by atoms with Crippen molar-refractivity contribution >= 4 is 29.2 Å². The van der Waals surface area contributed by atoms with Crippen LogP contribution in [-0.4, -0.2) is 33.4 Å². The minimum absolute atomic E-state index is 0.0485. The van der Waals surface area contributed by atoms with Crippen LogP contribution in [0.4, 0.5) is 13.2 Å². The first-order chi connectivity index (χ1) is 14.9. The summed E-state index contributed by atoms with van der Waals surface area (Å²) in [6, 6.07) is 2.51. The molecule has 13 heteroatoms. The fraction of sp³-hybridized carbons (Fsp3) is 0.316. The van der Waals surface area contributed by atoms with Crippen molar-refractivity contribution in [2.75, 3.05) is 13.2 Å². The summed E-state index contributed by atoms with van der Waals surface area (Å²) < 4.78 is 51.1. The Labute approximate surface area is 189 Å². The monoisotopic (exact) mass is 496 g/mol. The molecular weight excluding hydrogens is 480 g/mol. The molecule has 174 valence electrons.